The molecule has 6 heteroatoms. The molecule has 0 radical (unpaired) electrons. The normalized spacial score (nSPS) is 11.5. The van der Waals surface area contributed by atoms with Crippen LogP contribution in [0.3, 0.4) is 0 Å². The van der Waals surface area contributed by atoms with E-state index in [9.17, 15) is 23.3 Å². The van der Waals surface area contributed by atoms with Crippen molar-refractivity contribution in [1.29, 1.82) is 0 Å². The van der Waals surface area contributed by atoms with Gasteiger partial charge in [0.2, 0.25) is 0 Å². The van der Waals surface area contributed by atoms with E-state index in [4.69, 9.17) is 0 Å². The summed E-state index contributed by atoms with van der Waals surface area (Å²) in [5.74, 6) is 0. The second-order valence-corrected chi connectivity index (χ2v) is 3.00. The lowest BCUT2D eigenvalue weighted by molar-refractivity contribution is -0.385. The van der Waals surface area contributed by atoms with Gasteiger partial charge in [0.1, 0.15) is 0 Å². The zero-order valence-corrected chi connectivity index (χ0v) is 7.84. The van der Waals surface area contributed by atoms with Crippen LogP contribution in [0.4, 0.5) is 18.9 Å². The fourth-order valence-corrected chi connectivity index (χ4v) is 1.15. The Morgan fingerprint density at radius 3 is 2.33 bits per heavy atom. The predicted octanol–water partition coefficient (Wildman–Crippen LogP) is 3.18. The van der Waals surface area contributed by atoms with Crippen molar-refractivity contribution in [3.8, 4) is 0 Å². The van der Waals surface area contributed by atoms with Gasteiger partial charge in [-0.25, -0.2) is 0 Å². The van der Waals surface area contributed by atoms with Gasteiger partial charge in [-0.3, -0.25) is 10.1 Å². The first-order valence-electron chi connectivity index (χ1n) is 4.20. The zero-order valence-electron chi connectivity index (χ0n) is 7.84. The summed E-state index contributed by atoms with van der Waals surface area (Å²) in [6, 6.07) is 2.61. The van der Waals surface area contributed by atoms with Gasteiger partial charge in [-0.15, -0.1) is 0 Å². The monoisotopic (exact) mass is 219 g/mol. The van der Waals surface area contributed by atoms with Crippen molar-refractivity contribution in [2.45, 2.75) is 19.5 Å². The molecule has 0 aromatic heterocycles. The minimum atomic E-state index is -4.55. The Labute approximate surface area is 83.7 Å². The van der Waals surface area contributed by atoms with Gasteiger partial charge in [-0.1, -0.05) is 6.92 Å². The molecule has 0 heterocycles. The van der Waals surface area contributed by atoms with Crippen molar-refractivity contribution in [1.82, 2.24) is 0 Å². The molecule has 1 rings (SSSR count). The molecule has 0 amide bonds. The van der Waals surface area contributed by atoms with E-state index in [-0.39, 0.29) is 0 Å². The van der Waals surface area contributed by atoms with E-state index in [1.807, 2.05) is 0 Å². The molecule has 0 atom stereocenters. The lowest BCUT2D eigenvalue weighted by Gasteiger charge is -2.07. The smallest absolute Gasteiger partial charge is 0.258 e. The van der Waals surface area contributed by atoms with Crippen molar-refractivity contribution < 1.29 is 18.1 Å². The standard InChI is InChI=1S/C9H8F3NO2/c1-2-6-3-7(9(10,11)12)5-8(4-6)13(14)15/h3-5H,2H2,1H3. The number of rotatable bonds is 2. The maximum absolute atomic E-state index is 12.3. The summed E-state index contributed by atoms with van der Waals surface area (Å²) in [6.07, 6.45) is -4.22. The number of nitro groups is 1. The van der Waals surface area contributed by atoms with E-state index in [0.717, 1.165) is 12.1 Å². The van der Waals surface area contributed by atoms with Crippen LogP contribution in [0.15, 0.2) is 18.2 Å². The van der Waals surface area contributed by atoms with E-state index in [0.29, 0.717) is 18.1 Å². The molecular weight excluding hydrogens is 211 g/mol. The molecule has 3 nitrogen and oxygen atoms in total. The second-order valence-electron chi connectivity index (χ2n) is 3.00. The summed E-state index contributed by atoms with van der Waals surface area (Å²) in [7, 11) is 0. The van der Waals surface area contributed by atoms with E-state index >= 15 is 0 Å². The van der Waals surface area contributed by atoms with E-state index < -0.39 is 22.4 Å². The molecular formula is C9H8F3NO2. The molecule has 0 aliphatic heterocycles. The molecule has 0 N–H and O–H groups in total. The number of hydrogen-bond acceptors (Lipinski definition) is 2. The van der Waals surface area contributed by atoms with Crippen molar-refractivity contribution in [2.75, 3.05) is 0 Å². The molecule has 0 saturated carbocycles. The highest BCUT2D eigenvalue weighted by Crippen LogP contribution is 2.32. The minimum Gasteiger partial charge on any atom is -0.258 e. The average molecular weight is 219 g/mol. The third-order valence-electron chi connectivity index (χ3n) is 1.92. The Balaban J connectivity index is 3.30. The van der Waals surface area contributed by atoms with Crippen LogP contribution in [-0.2, 0) is 12.6 Å². The quantitative estimate of drug-likeness (QED) is 0.566. The second kappa shape index (κ2) is 3.88. The van der Waals surface area contributed by atoms with Gasteiger partial charge in [0.05, 0.1) is 10.5 Å². The van der Waals surface area contributed by atoms with Crippen LogP contribution in [0.1, 0.15) is 18.1 Å². The van der Waals surface area contributed by atoms with E-state index in [2.05, 4.69) is 0 Å². The van der Waals surface area contributed by atoms with Crippen LogP contribution in [0.5, 0.6) is 0 Å². The van der Waals surface area contributed by atoms with E-state index in [1.165, 1.54) is 0 Å². The van der Waals surface area contributed by atoms with Gasteiger partial charge in [-0.05, 0) is 18.1 Å². The van der Waals surface area contributed by atoms with Crippen LogP contribution in [0.25, 0.3) is 0 Å². The number of nitro benzene ring substituents is 1. The van der Waals surface area contributed by atoms with Crippen molar-refractivity contribution in [3.05, 3.63) is 39.4 Å². The molecule has 1 aromatic rings. The van der Waals surface area contributed by atoms with Gasteiger partial charge < -0.3 is 0 Å². The Bertz CT molecular complexity index is 387. The third kappa shape index (κ3) is 2.68. The van der Waals surface area contributed by atoms with Gasteiger partial charge in [0.15, 0.2) is 0 Å². The zero-order chi connectivity index (χ0) is 11.6. The maximum Gasteiger partial charge on any atom is 0.416 e. The number of benzene rings is 1. The van der Waals surface area contributed by atoms with Crippen LogP contribution < -0.4 is 0 Å². The highest BCUT2D eigenvalue weighted by Gasteiger charge is 2.32. The van der Waals surface area contributed by atoms with Crippen molar-refractivity contribution in [3.63, 3.8) is 0 Å². The van der Waals surface area contributed by atoms with Gasteiger partial charge in [-0.2, -0.15) is 13.2 Å². The molecule has 0 unspecified atom stereocenters. The fourth-order valence-electron chi connectivity index (χ4n) is 1.15. The third-order valence-corrected chi connectivity index (χ3v) is 1.92. The van der Waals surface area contributed by atoms with E-state index in [1.54, 1.807) is 6.92 Å². The molecule has 0 saturated heterocycles. The van der Waals surface area contributed by atoms with Crippen LogP contribution in [0, 0.1) is 10.1 Å². The average Bonchev–Trinajstić information content (AvgIpc) is 2.15. The Morgan fingerprint density at radius 1 is 1.33 bits per heavy atom. The van der Waals surface area contributed by atoms with Crippen molar-refractivity contribution >= 4 is 5.69 Å². The predicted molar refractivity (Wildman–Crippen MR) is 47.5 cm³/mol. The number of hydrogen-bond donors (Lipinski definition) is 0. The van der Waals surface area contributed by atoms with Crippen LogP contribution in [-0.4, -0.2) is 4.92 Å². The Hall–Kier alpha value is -1.59. The number of alkyl halides is 3. The van der Waals surface area contributed by atoms with Crippen LogP contribution in [0.2, 0.25) is 0 Å². The SMILES string of the molecule is CCc1cc([N+](=O)[O-])cc(C(F)(F)F)c1. The maximum atomic E-state index is 12.3. The summed E-state index contributed by atoms with van der Waals surface area (Å²) in [4.78, 5) is 9.56. The first-order chi connectivity index (χ1) is 6.84. The largest absolute Gasteiger partial charge is 0.416 e. The topological polar surface area (TPSA) is 43.1 Å². The number of nitrogens with zero attached hydrogens (tertiary/aromatic N) is 1. The lowest BCUT2D eigenvalue weighted by Crippen LogP contribution is -2.06. The minimum absolute atomic E-state index is 0.302. The number of non-ortho nitro benzene ring substituents is 1. The number of halogens is 3. The molecule has 0 aliphatic carbocycles. The van der Waals surface area contributed by atoms with Gasteiger partial charge in [0.25, 0.3) is 5.69 Å². The fraction of sp³-hybridized carbons (Fsp3) is 0.333. The van der Waals surface area contributed by atoms with Crippen molar-refractivity contribution in [2.24, 2.45) is 0 Å². The highest BCUT2D eigenvalue weighted by atomic mass is 19.4. The first-order valence-corrected chi connectivity index (χ1v) is 4.20. The molecule has 1 aromatic carbocycles. The highest BCUT2D eigenvalue weighted by molar-refractivity contribution is 5.40. The summed E-state index contributed by atoms with van der Waals surface area (Å²) < 4.78 is 37.0. The molecule has 82 valence electrons. The summed E-state index contributed by atoms with van der Waals surface area (Å²) in [6.45, 7) is 1.64. The van der Waals surface area contributed by atoms with Gasteiger partial charge in [0, 0.05) is 12.1 Å². The van der Waals surface area contributed by atoms with Gasteiger partial charge >= 0.3 is 6.18 Å². The summed E-state index contributed by atoms with van der Waals surface area (Å²) in [5, 5.41) is 10.4. The lowest BCUT2D eigenvalue weighted by atomic mass is 10.1. The Morgan fingerprint density at radius 2 is 1.93 bits per heavy atom. The summed E-state index contributed by atoms with van der Waals surface area (Å²) >= 11 is 0. The molecule has 0 spiro atoms. The molecule has 0 fully saturated rings. The molecule has 0 bridgehead atoms. The first kappa shape index (κ1) is 11.5. The Kier molecular flexibility index (Phi) is 2.97. The summed E-state index contributed by atoms with van der Waals surface area (Å²) in [5.41, 5.74) is -1.20. The van der Waals surface area contributed by atoms with Crippen LogP contribution >= 0.6 is 0 Å². The number of aryl methyl sites for hydroxylation is 1. The molecule has 15 heavy (non-hydrogen) atoms. The molecule has 0 aliphatic rings.